The summed E-state index contributed by atoms with van der Waals surface area (Å²) in [7, 11) is 0. The van der Waals surface area contributed by atoms with E-state index in [2.05, 4.69) is 25.7 Å². The van der Waals surface area contributed by atoms with Crippen LogP contribution in [0.4, 0.5) is 0 Å². The van der Waals surface area contributed by atoms with Gasteiger partial charge in [-0.3, -0.25) is 33.9 Å². The first-order valence-electron chi connectivity index (χ1n) is 12.1. The molecule has 1 aliphatic rings. The molecule has 4 N–H and O–H groups in total. The van der Waals surface area contributed by atoms with Crippen LogP contribution in [0.25, 0.3) is 0 Å². The zero-order valence-electron chi connectivity index (χ0n) is 21.2. The predicted octanol–water partition coefficient (Wildman–Crippen LogP) is -1.09. The highest BCUT2D eigenvalue weighted by Gasteiger charge is 2.28. The minimum Gasteiger partial charge on any atom is -0.480 e. The number of hydrogen-bond acceptors (Lipinski definition) is 13. The number of nitrogens with zero attached hydrogens (tertiary/aromatic N) is 7. The van der Waals surface area contributed by atoms with Crippen molar-refractivity contribution < 1.29 is 34.5 Å². The first kappa shape index (κ1) is 31.6. The summed E-state index contributed by atoms with van der Waals surface area (Å²) in [6, 6.07) is -0.975. The van der Waals surface area contributed by atoms with E-state index in [4.69, 9.17) is 0 Å². The summed E-state index contributed by atoms with van der Waals surface area (Å²) in [6.45, 7) is 3.72. The number of aromatic nitrogens is 4. The molecule has 1 aromatic heterocycles. The van der Waals surface area contributed by atoms with Crippen LogP contribution in [-0.2, 0) is 19.2 Å². The number of amides is 1. The molecule has 1 fully saturated rings. The van der Waals surface area contributed by atoms with Crippen molar-refractivity contribution >= 4 is 47.3 Å². The zero-order chi connectivity index (χ0) is 27.9. The maximum absolute atomic E-state index is 12.4. The Labute approximate surface area is 228 Å². The third kappa shape index (κ3) is 12.3. The Morgan fingerprint density at radius 3 is 1.82 bits per heavy atom. The van der Waals surface area contributed by atoms with Crippen LogP contribution in [0.15, 0.2) is 10.3 Å². The molecule has 212 valence electrons. The summed E-state index contributed by atoms with van der Waals surface area (Å²) in [5.74, 6) is -2.12. The number of carbonyl (C=O) groups excluding carboxylic acids is 1. The minimum absolute atomic E-state index is 0.0155. The molecule has 15 nitrogen and oxygen atoms in total. The lowest BCUT2D eigenvalue weighted by atomic mass is 10.1. The molecule has 1 aromatic rings. The van der Waals surface area contributed by atoms with Gasteiger partial charge in [-0.1, -0.05) is 30.4 Å². The molecule has 0 bridgehead atoms. The molecule has 0 saturated carbocycles. The number of carboxylic acid groups (broad SMARTS) is 3. The van der Waals surface area contributed by atoms with Crippen LogP contribution >= 0.6 is 23.5 Å². The highest BCUT2D eigenvalue weighted by molar-refractivity contribution is 7.99. The molecular weight excluding hydrogens is 540 g/mol. The molecule has 0 radical (unpaired) electrons. The molecule has 0 spiro atoms. The van der Waals surface area contributed by atoms with E-state index in [1.165, 1.54) is 23.5 Å². The van der Waals surface area contributed by atoms with Crippen LogP contribution in [0.5, 0.6) is 0 Å². The van der Waals surface area contributed by atoms with Crippen molar-refractivity contribution in [3.05, 3.63) is 0 Å². The lowest BCUT2D eigenvalue weighted by molar-refractivity contribution is -0.144. The van der Waals surface area contributed by atoms with Gasteiger partial charge in [0.15, 0.2) is 0 Å². The normalized spacial score (nSPS) is 16.7. The van der Waals surface area contributed by atoms with Crippen molar-refractivity contribution in [1.29, 1.82) is 0 Å². The summed E-state index contributed by atoms with van der Waals surface area (Å²) in [6.07, 6.45) is 0.0397. The van der Waals surface area contributed by atoms with Crippen LogP contribution in [0.3, 0.4) is 0 Å². The quantitative estimate of drug-likeness (QED) is 0.145. The van der Waals surface area contributed by atoms with E-state index >= 15 is 0 Å². The third-order valence-corrected chi connectivity index (χ3v) is 7.14. The van der Waals surface area contributed by atoms with Gasteiger partial charge in [0, 0.05) is 58.0 Å². The summed E-state index contributed by atoms with van der Waals surface area (Å²) in [5, 5.41) is 47.7. The number of rotatable bonds is 15. The Kier molecular flexibility index (Phi) is 14.2. The second-order valence-corrected chi connectivity index (χ2v) is 10.7. The van der Waals surface area contributed by atoms with Crippen LogP contribution in [0.2, 0.25) is 0 Å². The molecule has 38 heavy (non-hydrogen) atoms. The maximum Gasteiger partial charge on any atom is 0.320 e. The second kappa shape index (κ2) is 17.1. The van der Waals surface area contributed by atoms with Crippen molar-refractivity contribution in [2.45, 2.75) is 36.1 Å². The number of aliphatic carboxylic acids is 3. The van der Waals surface area contributed by atoms with Gasteiger partial charge in [-0.25, -0.2) is 0 Å². The predicted molar refractivity (Wildman–Crippen MR) is 138 cm³/mol. The molecule has 2 rings (SSSR count). The van der Waals surface area contributed by atoms with Crippen LogP contribution in [0.1, 0.15) is 19.8 Å². The SMILES string of the molecule is CCSc1nnc(SCCNC(=O)CC[C@H](C(=O)O)N2CCN(CC(=O)O)CCN(CC(=O)O)CC2)nn1. The average Bonchev–Trinajstić information content (AvgIpc) is 2.94. The fourth-order valence-corrected chi connectivity index (χ4v) is 4.81. The van der Waals surface area contributed by atoms with Gasteiger partial charge < -0.3 is 20.6 Å². The maximum atomic E-state index is 12.4. The van der Waals surface area contributed by atoms with Crippen molar-refractivity contribution in [3.8, 4) is 0 Å². The summed E-state index contributed by atoms with van der Waals surface area (Å²) in [5.41, 5.74) is 0. The van der Waals surface area contributed by atoms with Gasteiger partial charge in [-0.15, -0.1) is 20.4 Å². The van der Waals surface area contributed by atoms with E-state index in [-0.39, 0.29) is 44.9 Å². The van der Waals surface area contributed by atoms with E-state index in [0.717, 1.165) is 5.75 Å². The molecular formula is C21H34N8O7S2. The molecule has 0 aliphatic carbocycles. The average molecular weight is 575 g/mol. The highest BCUT2D eigenvalue weighted by atomic mass is 32.2. The largest absolute Gasteiger partial charge is 0.480 e. The van der Waals surface area contributed by atoms with Gasteiger partial charge in [0.25, 0.3) is 0 Å². The summed E-state index contributed by atoms with van der Waals surface area (Å²) in [4.78, 5) is 51.9. The standard InChI is InChI=1S/C21H34N8O7S2/c1-2-37-20-23-25-21(26-24-20)38-12-5-22-16(30)4-3-15(19(35)36)29-10-8-27(13-17(31)32)6-7-28(9-11-29)14-18(33)34/h15H,2-14H2,1H3,(H,22,30)(H,31,32)(H,33,34)(H,35,36)/t15-/m1/s1. The van der Waals surface area contributed by atoms with E-state index < -0.39 is 23.9 Å². The van der Waals surface area contributed by atoms with Gasteiger partial charge in [-0.05, 0) is 12.2 Å². The van der Waals surface area contributed by atoms with E-state index in [9.17, 15) is 34.5 Å². The Hall–Kier alpha value is -2.60. The monoisotopic (exact) mass is 574 g/mol. The Balaban J connectivity index is 1.87. The van der Waals surface area contributed by atoms with Gasteiger partial charge in [0.1, 0.15) is 6.04 Å². The molecule has 1 amide bonds. The van der Waals surface area contributed by atoms with Gasteiger partial charge in [0.2, 0.25) is 16.2 Å². The Morgan fingerprint density at radius 2 is 1.34 bits per heavy atom. The molecule has 2 heterocycles. The van der Waals surface area contributed by atoms with Crippen LogP contribution < -0.4 is 5.32 Å². The minimum atomic E-state index is -1.09. The van der Waals surface area contributed by atoms with E-state index in [1.807, 2.05) is 6.92 Å². The highest BCUT2D eigenvalue weighted by Crippen LogP contribution is 2.14. The number of hydrogen-bond donors (Lipinski definition) is 4. The van der Waals surface area contributed by atoms with Gasteiger partial charge >= 0.3 is 17.9 Å². The Morgan fingerprint density at radius 1 is 0.842 bits per heavy atom. The number of carboxylic acids is 3. The fourth-order valence-electron chi connectivity index (χ4n) is 3.78. The molecule has 0 aromatic carbocycles. The number of nitrogens with one attached hydrogen (secondary N) is 1. The number of carbonyl (C=O) groups is 4. The van der Waals surface area contributed by atoms with E-state index in [0.29, 0.717) is 48.8 Å². The molecule has 17 heteroatoms. The van der Waals surface area contributed by atoms with Gasteiger partial charge in [-0.2, -0.15) is 0 Å². The van der Waals surface area contributed by atoms with Crippen LogP contribution in [-0.4, -0.2) is 151 Å². The number of thioether (sulfide) groups is 2. The van der Waals surface area contributed by atoms with Crippen LogP contribution in [0, 0.1) is 0 Å². The Bertz CT molecular complexity index is 899. The first-order chi connectivity index (χ1) is 18.2. The first-order valence-corrected chi connectivity index (χ1v) is 14.1. The molecule has 0 unspecified atom stereocenters. The lowest BCUT2D eigenvalue weighted by Crippen LogP contribution is -2.47. The van der Waals surface area contributed by atoms with Gasteiger partial charge in [0.05, 0.1) is 13.1 Å². The smallest absolute Gasteiger partial charge is 0.320 e. The molecule has 1 saturated heterocycles. The van der Waals surface area contributed by atoms with Crippen molar-refractivity contribution in [2.24, 2.45) is 0 Å². The van der Waals surface area contributed by atoms with Crippen molar-refractivity contribution in [2.75, 3.05) is 70.4 Å². The van der Waals surface area contributed by atoms with E-state index in [1.54, 1.807) is 14.7 Å². The van der Waals surface area contributed by atoms with Crippen molar-refractivity contribution in [1.82, 2.24) is 40.4 Å². The molecule has 1 aliphatic heterocycles. The zero-order valence-corrected chi connectivity index (χ0v) is 22.8. The fraction of sp³-hybridized carbons (Fsp3) is 0.714. The second-order valence-electron chi connectivity index (χ2n) is 8.37. The van der Waals surface area contributed by atoms with Crippen molar-refractivity contribution in [3.63, 3.8) is 0 Å². The molecule has 1 atom stereocenters. The third-order valence-electron chi connectivity index (χ3n) is 5.60. The summed E-state index contributed by atoms with van der Waals surface area (Å²) < 4.78 is 0. The topological polar surface area (TPSA) is 202 Å². The summed E-state index contributed by atoms with van der Waals surface area (Å²) >= 11 is 2.72. The lowest BCUT2D eigenvalue weighted by Gasteiger charge is -2.30.